The topological polar surface area (TPSA) is 71.4 Å². The number of nitrogens with one attached hydrogen (secondary N) is 1. The van der Waals surface area contributed by atoms with E-state index in [2.05, 4.69) is 15.5 Å². The molecule has 0 spiro atoms. The van der Waals surface area contributed by atoms with E-state index in [0.717, 1.165) is 5.56 Å². The predicted molar refractivity (Wildman–Crippen MR) is 67.1 cm³/mol. The first kappa shape index (κ1) is 11.8. The van der Waals surface area contributed by atoms with Gasteiger partial charge in [-0.1, -0.05) is 18.2 Å². The minimum Gasteiger partial charge on any atom is -0.292 e. The molecule has 1 aliphatic rings. The van der Waals surface area contributed by atoms with Gasteiger partial charge in [-0.25, -0.2) is 8.42 Å². The van der Waals surface area contributed by atoms with E-state index in [0.29, 0.717) is 6.42 Å². The first-order valence-electron chi connectivity index (χ1n) is 5.24. The summed E-state index contributed by atoms with van der Waals surface area (Å²) in [7, 11) is -3.17. The molecule has 2 rings (SSSR count). The molecule has 90 valence electrons. The maximum absolute atomic E-state index is 11.8. The van der Waals surface area contributed by atoms with E-state index in [4.69, 9.17) is 0 Å². The summed E-state index contributed by atoms with van der Waals surface area (Å²) in [6, 6.07) is 3.67. The molecular formula is C11H13N3O2S. The SMILES string of the molecule is O=S(=O)(CC=Cc1cccnc1)C1CC=NN1. The van der Waals surface area contributed by atoms with Gasteiger partial charge in [0.15, 0.2) is 15.2 Å². The van der Waals surface area contributed by atoms with Crippen molar-refractivity contribution in [2.24, 2.45) is 5.10 Å². The molecule has 5 nitrogen and oxygen atoms in total. The average molecular weight is 251 g/mol. The smallest absolute Gasteiger partial charge is 0.176 e. The average Bonchev–Trinajstić information content (AvgIpc) is 2.84. The van der Waals surface area contributed by atoms with Gasteiger partial charge in [-0.3, -0.25) is 10.4 Å². The summed E-state index contributed by atoms with van der Waals surface area (Å²) >= 11 is 0. The van der Waals surface area contributed by atoms with Gasteiger partial charge in [-0.2, -0.15) is 5.10 Å². The van der Waals surface area contributed by atoms with Crippen LogP contribution in [0.1, 0.15) is 12.0 Å². The van der Waals surface area contributed by atoms with Gasteiger partial charge in [-0.05, 0) is 11.6 Å². The van der Waals surface area contributed by atoms with Crippen LogP contribution in [0.4, 0.5) is 0 Å². The summed E-state index contributed by atoms with van der Waals surface area (Å²) in [5.41, 5.74) is 3.47. The number of hydrazone groups is 1. The molecule has 1 N–H and O–H groups in total. The summed E-state index contributed by atoms with van der Waals surface area (Å²) in [5.74, 6) is 0.00290. The molecule has 1 aromatic heterocycles. The molecule has 1 aliphatic heterocycles. The summed E-state index contributed by atoms with van der Waals surface area (Å²) < 4.78 is 23.6. The van der Waals surface area contributed by atoms with Gasteiger partial charge in [0.2, 0.25) is 0 Å². The third-order valence-corrected chi connectivity index (χ3v) is 4.21. The largest absolute Gasteiger partial charge is 0.292 e. The number of aromatic nitrogens is 1. The van der Waals surface area contributed by atoms with Crippen LogP contribution in [-0.2, 0) is 9.84 Å². The molecule has 6 heteroatoms. The van der Waals surface area contributed by atoms with Crippen molar-refractivity contribution in [1.29, 1.82) is 0 Å². The summed E-state index contributed by atoms with van der Waals surface area (Å²) in [6.45, 7) is 0. The fourth-order valence-corrected chi connectivity index (χ4v) is 2.67. The Bertz CT molecular complexity index is 515. The molecule has 1 unspecified atom stereocenters. The van der Waals surface area contributed by atoms with E-state index in [9.17, 15) is 8.42 Å². The number of rotatable bonds is 4. The minimum absolute atomic E-state index is 0.00290. The zero-order valence-electron chi connectivity index (χ0n) is 9.15. The van der Waals surface area contributed by atoms with Gasteiger partial charge in [0.05, 0.1) is 5.75 Å². The summed E-state index contributed by atoms with van der Waals surface area (Å²) in [5, 5.41) is 3.13. The molecule has 0 radical (unpaired) electrons. The molecule has 1 atom stereocenters. The maximum atomic E-state index is 11.8. The van der Waals surface area contributed by atoms with Crippen LogP contribution in [0.25, 0.3) is 6.08 Å². The molecule has 17 heavy (non-hydrogen) atoms. The van der Waals surface area contributed by atoms with Crippen molar-refractivity contribution in [3.63, 3.8) is 0 Å². The monoisotopic (exact) mass is 251 g/mol. The van der Waals surface area contributed by atoms with Gasteiger partial charge in [0.1, 0.15) is 0 Å². The lowest BCUT2D eigenvalue weighted by atomic mass is 10.3. The van der Waals surface area contributed by atoms with E-state index in [1.54, 1.807) is 36.8 Å². The summed E-state index contributed by atoms with van der Waals surface area (Å²) in [4.78, 5) is 3.94. The zero-order valence-corrected chi connectivity index (χ0v) is 9.97. The molecular weight excluding hydrogens is 238 g/mol. The lowest BCUT2D eigenvalue weighted by Gasteiger charge is -2.08. The molecule has 0 saturated carbocycles. The van der Waals surface area contributed by atoms with Crippen LogP contribution in [0, 0.1) is 0 Å². The predicted octanol–water partition coefficient (Wildman–Crippen LogP) is 0.815. The van der Waals surface area contributed by atoms with E-state index in [1.165, 1.54) is 0 Å². The Morgan fingerprint density at radius 2 is 2.41 bits per heavy atom. The lowest BCUT2D eigenvalue weighted by Crippen LogP contribution is -2.31. The number of sulfone groups is 1. The zero-order chi connectivity index (χ0) is 12.1. The minimum atomic E-state index is -3.17. The molecule has 0 aliphatic carbocycles. The van der Waals surface area contributed by atoms with Crippen LogP contribution in [0.15, 0.2) is 35.7 Å². The van der Waals surface area contributed by atoms with Gasteiger partial charge < -0.3 is 0 Å². The highest BCUT2D eigenvalue weighted by Crippen LogP contribution is 2.08. The van der Waals surface area contributed by atoms with E-state index >= 15 is 0 Å². The van der Waals surface area contributed by atoms with Crippen LogP contribution in [0.3, 0.4) is 0 Å². The number of hydrogen-bond acceptors (Lipinski definition) is 5. The van der Waals surface area contributed by atoms with E-state index in [-0.39, 0.29) is 5.75 Å². The Morgan fingerprint density at radius 3 is 3.06 bits per heavy atom. The van der Waals surface area contributed by atoms with Gasteiger partial charge in [-0.15, -0.1) is 0 Å². The lowest BCUT2D eigenvalue weighted by molar-refractivity contribution is 0.571. The first-order chi connectivity index (χ1) is 8.18. The number of hydrogen-bond donors (Lipinski definition) is 1. The third kappa shape index (κ3) is 3.13. The molecule has 0 bridgehead atoms. The van der Waals surface area contributed by atoms with Crippen molar-refractivity contribution in [3.8, 4) is 0 Å². The Hall–Kier alpha value is -1.69. The Kier molecular flexibility index (Phi) is 3.53. The molecule has 2 heterocycles. The number of pyridine rings is 1. The van der Waals surface area contributed by atoms with Gasteiger partial charge in [0, 0.05) is 25.0 Å². The highest BCUT2D eigenvalue weighted by Gasteiger charge is 2.25. The quantitative estimate of drug-likeness (QED) is 0.859. The fraction of sp³-hybridized carbons (Fsp3) is 0.273. The molecule has 0 aromatic carbocycles. The second-order valence-electron chi connectivity index (χ2n) is 3.68. The highest BCUT2D eigenvalue weighted by atomic mass is 32.2. The molecule has 1 aromatic rings. The first-order valence-corrected chi connectivity index (χ1v) is 6.95. The fourth-order valence-electron chi connectivity index (χ4n) is 1.47. The number of nitrogens with zero attached hydrogens (tertiary/aromatic N) is 2. The van der Waals surface area contributed by atoms with E-state index in [1.807, 2.05) is 6.07 Å². The third-order valence-electron chi connectivity index (χ3n) is 2.39. The van der Waals surface area contributed by atoms with Crippen LogP contribution < -0.4 is 5.43 Å². The van der Waals surface area contributed by atoms with Gasteiger partial charge >= 0.3 is 0 Å². The van der Waals surface area contributed by atoms with E-state index < -0.39 is 15.2 Å². The molecule has 0 saturated heterocycles. The molecule has 0 amide bonds. The van der Waals surface area contributed by atoms with Crippen molar-refractivity contribution in [3.05, 3.63) is 36.2 Å². The second kappa shape index (κ2) is 5.09. The Labute approximate surface area is 100 Å². The second-order valence-corrected chi connectivity index (χ2v) is 5.91. The Balaban J connectivity index is 1.96. The summed E-state index contributed by atoms with van der Waals surface area (Å²) in [6.07, 6.45) is 8.75. The maximum Gasteiger partial charge on any atom is 0.176 e. The van der Waals surface area contributed by atoms with Crippen LogP contribution in [-0.4, -0.2) is 30.7 Å². The van der Waals surface area contributed by atoms with Crippen molar-refractivity contribution in [1.82, 2.24) is 10.4 Å². The molecule has 0 fully saturated rings. The van der Waals surface area contributed by atoms with Crippen LogP contribution in [0.5, 0.6) is 0 Å². The van der Waals surface area contributed by atoms with Crippen molar-refractivity contribution in [2.75, 3.05) is 5.75 Å². The standard InChI is InChI=1S/C11H13N3O2S/c15-17(16,11-5-7-13-14-11)8-2-4-10-3-1-6-12-9-10/h1-4,6-7,9,11,14H,5,8H2. The van der Waals surface area contributed by atoms with Crippen molar-refractivity contribution < 1.29 is 8.42 Å². The van der Waals surface area contributed by atoms with Gasteiger partial charge in [0.25, 0.3) is 0 Å². The van der Waals surface area contributed by atoms with Crippen LogP contribution >= 0.6 is 0 Å². The highest BCUT2D eigenvalue weighted by molar-refractivity contribution is 7.92. The van der Waals surface area contributed by atoms with Crippen molar-refractivity contribution in [2.45, 2.75) is 11.8 Å². The Morgan fingerprint density at radius 1 is 1.53 bits per heavy atom. The van der Waals surface area contributed by atoms with Crippen LogP contribution in [0.2, 0.25) is 0 Å². The van der Waals surface area contributed by atoms with Crippen molar-refractivity contribution >= 4 is 22.1 Å². The normalized spacial score (nSPS) is 19.6.